The lowest BCUT2D eigenvalue weighted by molar-refractivity contribution is -0.207. The van der Waals surface area contributed by atoms with Crippen LogP contribution in [-0.4, -0.2) is 50.5 Å². The lowest BCUT2D eigenvalue weighted by atomic mass is 9.87. The first-order valence-electron chi connectivity index (χ1n) is 10.2. The second-order valence-corrected chi connectivity index (χ2v) is 8.62. The fourth-order valence-electron chi connectivity index (χ4n) is 3.72. The van der Waals surface area contributed by atoms with Gasteiger partial charge in [-0.25, -0.2) is 9.68 Å². The lowest BCUT2D eigenvalue weighted by Gasteiger charge is -2.35. The zero-order chi connectivity index (χ0) is 20.6. The number of hydrogen-bond acceptors (Lipinski definition) is 7. The molecule has 0 radical (unpaired) electrons. The van der Waals surface area contributed by atoms with E-state index in [2.05, 4.69) is 4.89 Å². The molecular formula is C21H31NO6S. The third-order valence-electron chi connectivity index (χ3n) is 5.19. The summed E-state index contributed by atoms with van der Waals surface area (Å²) in [4.78, 5) is 19.4. The number of likely N-dealkylation sites (tertiary alicyclic amines) is 1. The number of ether oxygens (including phenoxy) is 3. The zero-order valence-corrected chi connectivity index (χ0v) is 18.2. The number of piperidine rings is 1. The van der Waals surface area contributed by atoms with Crippen LogP contribution < -0.4 is 0 Å². The van der Waals surface area contributed by atoms with Gasteiger partial charge >= 0.3 is 6.09 Å². The van der Waals surface area contributed by atoms with Crippen molar-refractivity contribution in [2.75, 3.05) is 33.4 Å². The fourth-order valence-corrected chi connectivity index (χ4v) is 4.12. The summed E-state index contributed by atoms with van der Waals surface area (Å²) in [6.45, 7) is 6.69. The van der Waals surface area contributed by atoms with Crippen LogP contribution in [0.3, 0.4) is 0 Å². The predicted octanol–water partition coefficient (Wildman–Crippen LogP) is 4.58. The van der Waals surface area contributed by atoms with Crippen molar-refractivity contribution >= 4 is 18.1 Å². The maximum absolute atomic E-state index is 12.0. The summed E-state index contributed by atoms with van der Waals surface area (Å²) in [5.41, 5.74) is 1.00. The average Bonchev–Trinajstić information content (AvgIpc) is 2.73. The van der Waals surface area contributed by atoms with E-state index < -0.39 is 0 Å². The van der Waals surface area contributed by atoms with Crippen molar-refractivity contribution in [3.05, 3.63) is 29.8 Å². The van der Waals surface area contributed by atoms with Gasteiger partial charge < -0.3 is 19.1 Å². The summed E-state index contributed by atoms with van der Waals surface area (Å²) < 4.78 is 22.1. The minimum atomic E-state index is -0.318. The summed E-state index contributed by atoms with van der Waals surface area (Å²) in [7, 11) is 1.48. The second kappa shape index (κ2) is 11.2. The smallest absolute Gasteiger partial charge is 0.410 e. The van der Waals surface area contributed by atoms with Crippen molar-refractivity contribution < 1.29 is 28.2 Å². The number of rotatable bonds is 7. The Hall–Kier alpha value is -1.32. The molecule has 2 fully saturated rings. The number of hydrogen-bond donors (Lipinski definition) is 0. The third kappa shape index (κ3) is 6.86. The standard InChI is InChI=1S/C21H31NO6S/c1-15(2)27-21(23)22-10-8-16(9-11-22)12-17-13-25-20(26-14-17)18-4-6-19(7-5-18)29-28-24-3/h4-7,15-17,20H,8-14H2,1-3H3. The fraction of sp³-hybridized carbons (Fsp3) is 0.667. The zero-order valence-electron chi connectivity index (χ0n) is 17.4. The second-order valence-electron chi connectivity index (χ2n) is 7.85. The Balaban J connectivity index is 1.37. The molecule has 29 heavy (non-hydrogen) atoms. The first-order valence-corrected chi connectivity index (χ1v) is 11.0. The van der Waals surface area contributed by atoms with E-state index in [4.69, 9.17) is 18.5 Å². The molecule has 1 aromatic carbocycles. The van der Waals surface area contributed by atoms with Gasteiger partial charge in [0.2, 0.25) is 0 Å². The monoisotopic (exact) mass is 425 g/mol. The molecule has 2 aliphatic rings. The first-order chi connectivity index (χ1) is 14.0. The molecule has 8 heteroatoms. The molecule has 0 N–H and O–H groups in total. The SMILES string of the molecule is COOSc1ccc(C2OCC(CC3CCN(C(=O)OC(C)C)CC3)CO2)cc1. The Morgan fingerprint density at radius 1 is 1.14 bits per heavy atom. The molecule has 2 saturated heterocycles. The predicted molar refractivity (Wildman–Crippen MR) is 109 cm³/mol. The van der Waals surface area contributed by atoms with Gasteiger partial charge in [0, 0.05) is 29.5 Å². The highest BCUT2D eigenvalue weighted by molar-refractivity contribution is 7.94. The van der Waals surface area contributed by atoms with Crippen LogP contribution in [0.1, 0.15) is 45.0 Å². The third-order valence-corrected chi connectivity index (χ3v) is 5.86. The molecule has 0 aliphatic carbocycles. The van der Waals surface area contributed by atoms with Gasteiger partial charge in [-0.05, 0) is 51.2 Å². The van der Waals surface area contributed by atoms with Crippen LogP contribution in [0.15, 0.2) is 29.2 Å². The van der Waals surface area contributed by atoms with E-state index in [9.17, 15) is 4.79 Å². The number of carbonyl (C=O) groups is 1. The maximum atomic E-state index is 12.0. The van der Waals surface area contributed by atoms with Crippen molar-refractivity contribution in [1.29, 1.82) is 0 Å². The maximum Gasteiger partial charge on any atom is 0.410 e. The quantitative estimate of drug-likeness (QED) is 0.360. The molecule has 162 valence electrons. The lowest BCUT2D eigenvalue weighted by Crippen LogP contribution is -2.40. The van der Waals surface area contributed by atoms with Gasteiger partial charge in [-0.3, -0.25) is 0 Å². The van der Waals surface area contributed by atoms with Gasteiger partial charge in [0.15, 0.2) is 6.29 Å². The van der Waals surface area contributed by atoms with Crippen LogP contribution in [0.2, 0.25) is 0 Å². The highest BCUT2D eigenvalue weighted by Crippen LogP contribution is 2.32. The summed E-state index contributed by atoms with van der Waals surface area (Å²) in [6.07, 6.45) is 2.51. The molecule has 1 amide bonds. The Labute approximate surface area is 177 Å². The molecule has 1 aromatic rings. The molecule has 0 spiro atoms. The molecule has 0 aromatic heterocycles. The van der Waals surface area contributed by atoms with E-state index in [-0.39, 0.29) is 18.5 Å². The number of carbonyl (C=O) groups excluding carboxylic acids is 1. The topological polar surface area (TPSA) is 66.5 Å². The van der Waals surface area contributed by atoms with Crippen molar-refractivity contribution in [1.82, 2.24) is 4.90 Å². The Morgan fingerprint density at radius 2 is 1.79 bits per heavy atom. The Bertz CT molecular complexity index is 625. The Kier molecular flexibility index (Phi) is 8.62. The summed E-state index contributed by atoms with van der Waals surface area (Å²) in [6, 6.07) is 7.88. The normalized spacial score (nSPS) is 23.4. The van der Waals surface area contributed by atoms with Gasteiger partial charge in [0.05, 0.1) is 38.5 Å². The van der Waals surface area contributed by atoms with Crippen LogP contribution in [0, 0.1) is 11.8 Å². The molecule has 2 aliphatic heterocycles. The molecule has 2 heterocycles. The van der Waals surface area contributed by atoms with Gasteiger partial charge in [0.25, 0.3) is 0 Å². The van der Waals surface area contributed by atoms with Gasteiger partial charge in [0.1, 0.15) is 0 Å². The van der Waals surface area contributed by atoms with Crippen molar-refractivity contribution in [3.8, 4) is 0 Å². The minimum Gasteiger partial charge on any atom is -0.447 e. The van der Waals surface area contributed by atoms with Crippen LogP contribution in [-0.2, 0) is 23.4 Å². The van der Waals surface area contributed by atoms with Crippen LogP contribution in [0.4, 0.5) is 4.79 Å². The largest absolute Gasteiger partial charge is 0.447 e. The van der Waals surface area contributed by atoms with E-state index in [1.165, 1.54) is 7.11 Å². The molecule has 3 rings (SSSR count). The number of nitrogens with zero attached hydrogens (tertiary/aromatic N) is 1. The van der Waals surface area contributed by atoms with Crippen LogP contribution in [0.25, 0.3) is 0 Å². The van der Waals surface area contributed by atoms with Crippen molar-refractivity contribution in [3.63, 3.8) is 0 Å². The molecule has 0 saturated carbocycles. The van der Waals surface area contributed by atoms with Gasteiger partial charge in [-0.1, -0.05) is 12.1 Å². The minimum absolute atomic E-state index is 0.0710. The average molecular weight is 426 g/mol. The molecular weight excluding hydrogens is 394 g/mol. The number of amides is 1. The summed E-state index contributed by atoms with van der Waals surface area (Å²) in [5, 5.41) is 0. The van der Waals surface area contributed by atoms with Gasteiger partial charge in [-0.2, -0.15) is 4.33 Å². The molecule has 0 atom stereocenters. The van der Waals surface area contributed by atoms with E-state index in [1.54, 1.807) is 0 Å². The highest BCUT2D eigenvalue weighted by atomic mass is 32.2. The van der Waals surface area contributed by atoms with E-state index >= 15 is 0 Å². The first kappa shape index (κ1) is 22.4. The van der Waals surface area contributed by atoms with E-state index in [0.717, 1.165) is 54.9 Å². The van der Waals surface area contributed by atoms with E-state index in [0.29, 0.717) is 25.0 Å². The molecule has 0 unspecified atom stereocenters. The number of benzene rings is 1. The van der Waals surface area contributed by atoms with Gasteiger partial charge in [-0.15, -0.1) is 0 Å². The van der Waals surface area contributed by atoms with Crippen LogP contribution in [0.5, 0.6) is 0 Å². The molecule has 7 nitrogen and oxygen atoms in total. The van der Waals surface area contributed by atoms with Crippen molar-refractivity contribution in [2.24, 2.45) is 11.8 Å². The van der Waals surface area contributed by atoms with Crippen LogP contribution >= 0.6 is 12.0 Å². The van der Waals surface area contributed by atoms with Crippen molar-refractivity contribution in [2.45, 2.75) is 50.4 Å². The van der Waals surface area contributed by atoms with E-state index in [1.807, 2.05) is 43.0 Å². The highest BCUT2D eigenvalue weighted by Gasteiger charge is 2.29. The summed E-state index contributed by atoms with van der Waals surface area (Å²) in [5.74, 6) is 0.999. The summed E-state index contributed by atoms with van der Waals surface area (Å²) >= 11 is 1.16. The Morgan fingerprint density at radius 3 is 2.38 bits per heavy atom. The molecule has 0 bridgehead atoms.